The molecule has 1 saturated heterocycles. The van der Waals surface area contributed by atoms with Gasteiger partial charge >= 0.3 is 0 Å². The SMILES string of the molecule is CCNC1(C(N)=O)CCN(c2nc(C)nc3c(-c4ccc(F)cc4)c(-c4ccccc4Cl)nn23)CC1. The Kier molecular flexibility index (Phi) is 6.36. The lowest BCUT2D eigenvalue weighted by Gasteiger charge is -2.40. The molecule has 186 valence electrons. The number of carbonyl (C=O) groups is 1. The second kappa shape index (κ2) is 9.48. The van der Waals surface area contributed by atoms with Crippen molar-refractivity contribution in [2.24, 2.45) is 5.73 Å². The van der Waals surface area contributed by atoms with E-state index in [-0.39, 0.29) is 11.7 Å². The quantitative estimate of drug-likeness (QED) is 0.409. The number of benzene rings is 2. The smallest absolute Gasteiger partial charge is 0.237 e. The highest BCUT2D eigenvalue weighted by atomic mass is 35.5. The van der Waals surface area contributed by atoms with Gasteiger partial charge in [0, 0.05) is 18.7 Å². The average Bonchev–Trinajstić information content (AvgIpc) is 3.24. The van der Waals surface area contributed by atoms with E-state index in [1.54, 1.807) is 16.6 Å². The largest absolute Gasteiger partial charge is 0.368 e. The predicted molar refractivity (Wildman–Crippen MR) is 138 cm³/mol. The summed E-state index contributed by atoms with van der Waals surface area (Å²) in [5.74, 6) is 0.526. The van der Waals surface area contributed by atoms with E-state index in [9.17, 15) is 9.18 Å². The molecule has 0 bridgehead atoms. The molecule has 8 nitrogen and oxygen atoms in total. The summed E-state index contributed by atoms with van der Waals surface area (Å²) >= 11 is 6.58. The molecule has 0 atom stereocenters. The van der Waals surface area contributed by atoms with E-state index in [0.29, 0.717) is 60.6 Å². The molecule has 36 heavy (non-hydrogen) atoms. The van der Waals surface area contributed by atoms with Crippen molar-refractivity contribution in [1.82, 2.24) is 24.9 Å². The molecule has 1 aliphatic heterocycles. The number of hydrogen-bond donors (Lipinski definition) is 2. The molecule has 1 aliphatic rings. The number of carbonyl (C=O) groups excluding carboxylic acids is 1. The highest BCUT2D eigenvalue weighted by Gasteiger charge is 2.40. The van der Waals surface area contributed by atoms with E-state index in [4.69, 9.17) is 32.4 Å². The molecular weight excluding hydrogens is 481 g/mol. The van der Waals surface area contributed by atoms with Gasteiger partial charge in [-0.1, -0.05) is 48.9 Å². The number of primary amides is 1. The van der Waals surface area contributed by atoms with Crippen LogP contribution in [0.1, 0.15) is 25.6 Å². The summed E-state index contributed by atoms with van der Waals surface area (Å²) in [6.07, 6.45) is 1.09. The van der Waals surface area contributed by atoms with Crippen molar-refractivity contribution in [2.75, 3.05) is 24.5 Å². The van der Waals surface area contributed by atoms with Crippen LogP contribution in [0, 0.1) is 12.7 Å². The number of rotatable bonds is 6. The Morgan fingerprint density at radius 3 is 2.47 bits per heavy atom. The van der Waals surface area contributed by atoms with E-state index in [0.717, 1.165) is 16.7 Å². The van der Waals surface area contributed by atoms with Crippen molar-refractivity contribution in [1.29, 1.82) is 0 Å². The minimum absolute atomic E-state index is 0.326. The number of anilines is 1. The van der Waals surface area contributed by atoms with Crippen LogP contribution in [-0.4, -0.2) is 50.7 Å². The third-order valence-corrected chi connectivity index (χ3v) is 7.06. The first-order valence-corrected chi connectivity index (χ1v) is 12.3. The molecule has 2 aromatic heterocycles. The Morgan fingerprint density at radius 1 is 1.14 bits per heavy atom. The topological polar surface area (TPSA) is 101 Å². The molecule has 0 aliphatic carbocycles. The first kappa shape index (κ1) is 24.1. The van der Waals surface area contributed by atoms with Gasteiger partial charge in [-0.3, -0.25) is 4.79 Å². The molecule has 5 rings (SSSR count). The molecule has 0 radical (unpaired) electrons. The Morgan fingerprint density at radius 2 is 1.83 bits per heavy atom. The maximum atomic E-state index is 13.8. The molecule has 4 aromatic rings. The van der Waals surface area contributed by atoms with Gasteiger partial charge in [0.1, 0.15) is 22.9 Å². The van der Waals surface area contributed by atoms with Crippen LogP contribution < -0.4 is 16.0 Å². The number of nitrogens with two attached hydrogens (primary N) is 1. The van der Waals surface area contributed by atoms with E-state index in [1.807, 2.05) is 38.1 Å². The number of aryl methyl sites for hydroxylation is 1. The van der Waals surface area contributed by atoms with E-state index >= 15 is 0 Å². The van der Waals surface area contributed by atoms with Crippen LogP contribution in [0.5, 0.6) is 0 Å². The van der Waals surface area contributed by atoms with Crippen LogP contribution in [0.15, 0.2) is 48.5 Å². The molecule has 3 heterocycles. The minimum atomic E-state index is -0.738. The van der Waals surface area contributed by atoms with Gasteiger partial charge in [0.05, 0.1) is 10.6 Å². The first-order valence-electron chi connectivity index (χ1n) is 11.9. The van der Waals surface area contributed by atoms with Gasteiger partial charge in [-0.2, -0.15) is 14.6 Å². The Balaban J connectivity index is 1.67. The van der Waals surface area contributed by atoms with Gasteiger partial charge in [-0.05, 0) is 50.1 Å². The maximum Gasteiger partial charge on any atom is 0.237 e. The van der Waals surface area contributed by atoms with Gasteiger partial charge in [-0.25, -0.2) is 9.37 Å². The normalized spacial score (nSPS) is 15.4. The molecular formula is C26H27ClFN7O. The Labute approximate surface area is 213 Å². The van der Waals surface area contributed by atoms with Crippen LogP contribution in [-0.2, 0) is 4.79 Å². The summed E-state index contributed by atoms with van der Waals surface area (Å²) in [6, 6.07) is 13.7. The fourth-order valence-corrected chi connectivity index (χ4v) is 5.11. The zero-order valence-electron chi connectivity index (χ0n) is 20.1. The number of likely N-dealkylation sites (N-methyl/N-ethyl adjacent to an activating group) is 1. The summed E-state index contributed by atoms with van der Waals surface area (Å²) < 4.78 is 15.5. The van der Waals surface area contributed by atoms with Crippen LogP contribution in [0.2, 0.25) is 5.02 Å². The molecule has 0 unspecified atom stereocenters. The van der Waals surface area contributed by atoms with Gasteiger partial charge in [0.2, 0.25) is 11.9 Å². The summed E-state index contributed by atoms with van der Waals surface area (Å²) in [7, 11) is 0. The monoisotopic (exact) mass is 507 g/mol. The number of piperidine rings is 1. The zero-order chi connectivity index (χ0) is 25.4. The number of aromatic nitrogens is 4. The standard InChI is InChI=1S/C26H27ClFN7O/c1-3-30-26(24(29)36)12-14-34(15-13-26)25-32-16(2)31-23-21(17-8-10-18(28)11-9-17)22(33-35(23)25)19-6-4-5-7-20(19)27/h4-11,30H,3,12-15H2,1-2H3,(H2,29,36). The minimum Gasteiger partial charge on any atom is -0.368 e. The zero-order valence-corrected chi connectivity index (χ0v) is 20.9. The number of nitrogens with zero attached hydrogens (tertiary/aromatic N) is 5. The van der Waals surface area contributed by atoms with E-state index < -0.39 is 5.54 Å². The van der Waals surface area contributed by atoms with Crippen molar-refractivity contribution in [2.45, 2.75) is 32.2 Å². The van der Waals surface area contributed by atoms with Crippen molar-refractivity contribution < 1.29 is 9.18 Å². The number of hydrogen-bond acceptors (Lipinski definition) is 6. The van der Waals surface area contributed by atoms with Crippen molar-refractivity contribution in [3.63, 3.8) is 0 Å². The third kappa shape index (κ3) is 4.18. The van der Waals surface area contributed by atoms with E-state index in [2.05, 4.69) is 10.2 Å². The van der Waals surface area contributed by atoms with Crippen LogP contribution in [0.3, 0.4) is 0 Å². The summed E-state index contributed by atoms with van der Waals surface area (Å²) in [6.45, 7) is 5.58. The average molecular weight is 508 g/mol. The van der Waals surface area contributed by atoms with Crippen LogP contribution in [0.25, 0.3) is 28.0 Å². The lowest BCUT2D eigenvalue weighted by molar-refractivity contribution is -0.125. The van der Waals surface area contributed by atoms with Gasteiger partial charge in [0.15, 0.2) is 5.65 Å². The predicted octanol–water partition coefficient (Wildman–Crippen LogP) is 3.99. The fraction of sp³-hybridized carbons (Fsp3) is 0.308. The molecule has 10 heteroatoms. The maximum absolute atomic E-state index is 13.8. The van der Waals surface area contributed by atoms with Gasteiger partial charge < -0.3 is 16.0 Å². The molecule has 0 saturated carbocycles. The molecule has 3 N–H and O–H groups in total. The fourth-order valence-electron chi connectivity index (χ4n) is 4.89. The number of amides is 1. The molecule has 1 fully saturated rings. The molecule has 0 spiro atoms. The van der Waals surface area contributed by atoms with Crippen molar-refractivity contribution in [3.8, 4) is 22.4 Å². The van der Waals surface area contributed by atoms with Crippen molar-refractivity contribution >= 4 is 29.1 Å². The number of fused-ring (bicyclic) bond motifs is 1. The Bertz CT molecular complexity index is 1430. The van der Waals surface area contributed by atoms with Crippen molar-refractivity contribution in [3.05, 3.63) is 65.2 Å². The molecule has 2 aromatic carbocycles. The van der Waals surface area contributed by atoms with E-state index in [1.165, 1.54) is 12.1 Å². The third-order valence-electron chi connectivity index (χ3n) is 6.73. The lowest BCUT2D eigenvalue weighted by atomic mass is 9.86. The summed E-state index contributed by atoms with van der Waals surface area (Å²) in [5, 5.41) is 8.76. The van der Waals surface area contributed by atoms with Crippen LogP contribution in [0.4, 0.5) is 10.3 Å². The highest BCUT2D eigenvalue weighted by molar-refractivity contribution is 6.33. The van der Waals surface area contributed by atoms with Gasteiger partial charge in [0.25, 0.3) is 0 Å². The summed E-state index contributed by atoms with van der Waals surface area (Å²) in [4.78, 5) is 23.8. The Hall–Kier alpha value is -3.56. The molecule has 1 amide bonds. The number of halogens is 2. The second-order valence-electron chi connectivity index (χ2n) is 8.98. The number of nitrogens with one attached hydrogen (secondary N) is 1. The first-order chi connectivity index (χ1) is 17.3. The van der Waals surface area contributed by atoms with Gasteiger partial charge in [-0.15, -0.1) is 0 Å². The lowest BCUT2D eigenvalue weighted by Crippen LogP contribution is -2.61. The highest BCUT2D eigenvalue weighted by Crippen LogP contribution is 2.39. The summed E-state index contributed by atoms with van der Waals surface area (Å²) in [5.41, 5.74) is 8.50. The van der Waals surface area contributed by atoms with Crippen LogP contribution >= 0.6 is 11.6 Å². The second-order valence-corrected chi connectivity index (χ2v) is 9.39.